The van der Waals surface area contributed by atoms with E-state index in [1.807, 2.05) is 20.8 Å². The first-order valence-electron chi connectivity index (χ1n) is 56.3. The third-order valence-electron chi connectivity index (χ3n) is 47.1. The molecule has 0 aromatic carbocycles. The number of halogens is 1. The molecule has 2 saturated heterocycles. The predicted octanol–water partition coefficient (Wildman–Crippen LogP) is 24.6. The van der Waals surface area contributed by atoms with Crippen molar-refractivity contribution < 1.29 is 49.8 Å². The standard InChI is InChI=1S/C27H45NO.C26H43NO2.C22H33BrO2.C22H34O3.C22H34O2/c1-19(18-28-15-5-4-6-16-28)24-9-10-25-23-8-7-20-17-26(2,29)13-11-21(20)22(23)12-14-27(24,25)3;1-18(17-27-12-14-29-15-13-27)23-6-7-24-22-5-4-19-16-25(2,28)10-8-20(19)21(22)9-11-26(23,24)3;2*1-13(12-23)18-4-5-19-16-10-20(24)17-11-21(2,25)8-6-15(17)14(16)7-9-22(18,19)3;1-13(2)18-5-6-19-16-11-20(23)17-12-21(3,24)9-7-15(17)14(16)8-10-22(18,19)4/h20-25,29H,1,4-18H2,2-3H3;19-24,28H,1,4-17H2,2-3H3;14-19,25H,1,4-12H2,2-3H3;14-19,23,25H,1,4-12H2,2-3H3;14-19,24H,1,5-12H2,2-4H3/t20-,21-,22+,23+,24+,25-,26-,27+;19-,20-,21+,22+,23+,24-,25-,26+;3*14-,15-,16-,17+,18-,19+,21+,22-/m00111/s1. The molecule has 6 N–H and O–H groups in total. The van der Waals surface area contributed by atoms with Crippen LogP contribution in [0.2, 0.25) is 0 Å². The average molecular weight is 1890 g/mol. The van der Waals surface area contributed by atoms with Gasteiger partial charge in [0.25, 0.3) is 0 Å². The van der Waals surface area contributed by atoms with Crippen LogP contribution in [0.15, 0.2) is 60.8 Å². The number of morpholine rings is 1. The van der Waals surface area contributed by atoms with Gasteiger partial charge in [-0.25, -0.2) is 0 Å². The number of rotatable bonds is 11. The molecule has 0 aromatic rings. The Labute approximate surface area is 810 Å². The second kappa shape index (κ2) is 38.5. The zero-order valence-electron chi connectivity index (χ0n) is 85.3. The molecule has 20 aliphatic carbocycles. The summed E-state index contributed by atoms with van der Waals surface area (Å²) in [5.41, 5.74) is 6.05. The van der Waals surface area contributed by atoms with Gasteiger partial charge in [-0.05, 0) is 510 Å². The van der Waals surface area contributed by atoms with E-state index in [-0.39, 0.29) is 35.4 Å². The molecular weight excluding hydrogens is 1700 g/mol. The highest BCUT2D eigenvalue weighted by molar-refractivity contribution is 9.09. The molecule has 22 aliphatic rings. The van der Waals surface area contributed by atoms with Crippen LogP contribution in [-0.2, 0) is 19.1 Å². The molecule has 742 valence electrons. The van der Waals surface area contributed by atoms with Crippen molar-refractivity contribution in [1.29, 1.82) is 0 Å². The lowest BCUT2D eigenvalue weighted by molar-refractivity contribution is -0.149. The quantitative estimate of drug-likeness (QED) is 0.0850. The Morgan fingerprint density at radius 1 is 0.318 bits per heavy atom. The Morgan fingerprint density at radius 2 is 0.598 bits per heavy atom. The Kier molecular flexibility index (Phi) is 29.2. The molecule has 2 heterocycles. The van der Waals surface area contributed by atoms with E-state index >= 15 is 0 Å². The fourth-order valence-electron chi connectivity index (χ4n) is 40.9. The van der Waals surface area contributed by atoms with Crippen molar-refractivity contribution in [1.82, 2.24) is 9.80 Å². The number of fused-ring (bicyclic) bond motifs is 25. The van der Waals surface area contributed by atoms with E-state index in [2.05, 4.69) is 114 Å². The Morgan fingerprint density at radius 3 is 0.932 bits per heavy atom. The summed E-state index contributed by atoms with van der Waals surface area (Å²) < 4.78 is 5.54. The van der Waals surface area contributed by atoms with Crippen LogP contribution in [0.4, 0.5) is 0 Å². The molecule has 20 saturated carbocycles. The van der Waals surface area contributed by atoms with Crippen molar-refractivity contribution in [2.24, 2.45) is 205 Å². The number of hydrogen-bond donors (Lipinski definition) is 6. The third-order valence-corrected chi connectivity index (χ3v) is 47.8. The molecule has 13 heteroatoms. The van der Waals surface area contributed by atoms with Crippen LogP contribution in [0.1, 0.15) is 365 Å². The lowest BCUT2D eigenvalue weighted by atomic mass is 9.48. The topological polar surface area (TPSA) is 188 Å². The molecule has 132 heavy (non-hydrogen) atoms. The van der Waals surface area contributed by atoms with E-state index < -0.39 is 22.4 Å². The van der Waals surface area contributed by atoms with Crippen molar-refractivity contribution in [2.75, 3.05) is 64.4 Å². The SMILES string of the molecule is C=C(C)[C@H]1CC[C@H]2[C@@H]3CC(=O)[C@H]4C[C@@](C)(O)CC[C@@H]4[C@H]3CC[C@]12C.C=C(CBr)[C@H]1CC[C@H]2[C@@H]3CC(=O)[C@H]4C[C@@](C)(O)CC[C@@H]4[C@H]3CC[C@]12C.C=C(CN1CCCCC1)[C@H]1CC[C@H]2[C@@H]3CC[C@H]4C[C@@](C)(O)CC[C@@H]4[C@H]3CC[C@]12C.C=C(CN1CCOCC1)[C@H]1CC[C@H]2[C@@H]3CC[C@H]4C[C@@](C)(O)CC[C@@H]4[C@H]3CC[C@]12C.C=C(CO)[C@H]1CC[C@H]2[C@@H]3CC(=O)[C@H]4C[C@@](C)(O)CC[C@@H]4[C@H]3CC[C@]12C. The van der Waals surface area contributed by atoms with Gasteiger partial charge in [0.2, 0.25) is 0 Å². The highest BCUT2D eigenvalue weighted by atomic mass is 79.9. The molecule has 0 aromatic heterocycles. The number of alkyl halides is 1. The summed E-state index contributed by atoms with van der Waals surface area (Å²) >= 11 is 3.62. The molecule has 0 radical (unpaired) electrons. The van der Waals surface area contributed by atoms with Gasteiger partial charge in [0.1, 0.15) is 17.3 Å². The summed E-state index contributed by atoms with van der Waals surface area (Å²) in [7, 11) is 0. The molecule has 0 unspecified atom stereocenters. The number of ether oxygens (including phenoxy) is 1. The zero-order chi connectivity index (χ0) is 93.7. The monoisotopic (exact) mass is 1890 g/mol. The van der Waals surface area contributed by atoms with Crippen LogP contribution in [-0.4, -0.2) is 150 Å². The molecule has 12 nitrogen and oxygen atoms in total. The van der Waals surface area contributed by atoms with Gasteiger partial charge in [-0.1, -0.05) is 112 Å². The molecule has 0 spiro atoms. The van der Waals surface area contributed by atoms with E-state index in [1.54, 1.807) is 5.57 Å². The van der Waals surface area contributed by atoms with Crippen LogP contribution in [0.5, 0.6) is 0 Å². The Hall–Kier alpha value is -2.17. The highest BCUT2D eigenvalue weighted by Gasteiger charge is 2.66. The van der Waals surface area contributed by atoms with Crippen molar-refractivity contribution in [2.45, 2.75) is 393 Å². The number of hydrogen-bond acceptors (Lipinski definition) is 12. The van der Waals surface area contributed by atoms with Gasteiger partial charge in [-0.3, -0.25) is 24.2 Å². The number of carbonyl (C=O) groups is 3. The van der Waals surface area contributed by atoms with Gasteiger partial charge in [0.05, 0.1) is 47.8 Å². The summed E-state index contributed by atoms with van der Waals surface area (Å²) in [6.45, 7) is 55.7. The number of aliphatic hydroxyl groups excluding tert-OH is 1. The predicted molar refractivity (Wildman–Crippen MR) is 537 cm³/mol. The van der Waals surface area contributed by atoms with E-state index in [1.165, 1.54) is 216 Å². The van der Waals surface area contributed by atoms with Gasteiger partial charge in [-0.2, -0.15) is 0 Å². The largest absolute Gasteiger partial charge is 0.392 e. The minimum absolute atomic E-state index is 0.0963. The maximum atomic E-state index is 13.0. The lowest BCUT2D eigenvalue weighted by Crippen LogP contribution is -2.53. The second-order valence-corrected chi connectivity index (χ2v) is 55.1. The second-order valence-electron chi connectivity index (χ2n) is 54.6. The van der Waals surface area contributed by atoms with Gasteiger partial charge in [-0.15, -0.1) is 0 Å². The number of aliphatic hydroxyl groups is 6. The molecule has 40 atom stereocenters. The summed E-state index contributed by atoms with van der Waals surface area (Å²) in [6.07, 6.45) is 53.0. The highest BCUT2D eigenvalue weighted by Crippen LogP contribution is 2.73. The fourth-order valence-corrected chi connectivity index (χ4v) is 41.3. The average Bonchev–Trinajstić information content (AvgIpc) is 1.54. The Balaban J connectivity index is 0.000000111. The lowest BCUT2D eigenvalue weighted by Gasteiger charge is -2.57. The number of carbonyl (C=O) groups excluding carboxylic acids is 3. The maximum absolute atomic E-state index is 13.0. The van der Waals surface area contributed by atoms with Crippen molar-refractivity contribution in [3.8, 4) is 0 Å². The first-order chi connectivity index (χ1) is 62.5. The van der Waals surface area contributed by atoms with Crippen molar-refractivity contribution in [3.05, 3.63) is 60.8 Å². The first kappa shape index (κ1) is 99.9. The summed E-state index contributed by atoms with van der Waals surface area (Å²) in [5, 5.41) is 63.1. The van der Waals surface area contributed by atoms with Crippen LogP contribution < -0.4 is 0 Å². The van der Waals surface area contributed by atoms with Crippen LogP contribution in [0, 0.1) is 205 Å². The van der Waals surface area contributed by atoms with Crippen LogP contribution in [0.3, 0.4) is 0 Å². The number of piperidine rings is 1. The molecule has 22 rings (SSSR count). The molecular formula is C119H189BrN2O10. The maximum Gasteiger partial charge on any atom is 0.136 e. The normalized spacial score (nSPS) is 51.8. The van der Waals surface area contributed by atoms with Gasteiger partial charge >= 0.3 is 0 Å². The van der Waals surface area contributed by atoms with Crippen LogP contribution >= 0.6 is 15.9 Å². The number of ketones is 3. The fraction of sp³-hybridized carbons (Fsp3) is 0.891. The summed E-state index contributed by atoms with van der Waals surface area (Å²) in [5.74, 6) is 21.3. The third kappa shape index (κ3) is 18.9. The minimum Gasteiger partial charge on any atom is -0.392 e. The molecule has 0 amide bonds. The smallest absolute Gasteiger partial charge is 0.136 e. The van der Waals surface area contributed by atoms with E-state index in [4.69, 9.17) is 4.74 Å². The van der Waals surface area contributed by atoms with Gasteiger partial charge in [0.15, 0.2) is 0 Å². The first-order valence-corrected chi connectivity index (χ1v) is 57.4. The number of allylic oxidation sites excluding steroid dienone is 2. The van der Waals surface area contributed by atoms with E-state index in [9.17, 15) is 45.0 Å². The minimum atomic E-state index is -0.649. The molecule has 0 bridgehead atoms. The van der Waals surface area contributed by atoms with Gasteiger partial charge < -0.3 is 35.4 Å². The molecule has 22 fully saturated rings. The number of Topliss-reactive ketones (excluding diaryl/α,β-unsaturated/α-hetero) is 3. The summed E-state index contributed by atoms with van der Waals surface area (Å²) in [6, 6.07) is 0. The van der Waals surface area contributed by atoms with Crippen LogP contribution in [0.25, 0.3) is 0 Å². The van der Waals surface area contributed by atoms with Crippen molar-refractivity contribution in [3.63, 3.8) is 0 Å². The molecule has 2 aliphatic heterocycles. The number of likely N-dealkylation sites (tertiary alicyclic amines) is 1. The summed E-state index contributed by atoms with van der Waals surface area (Å²) in [4.78, 5) is 44.2. The van der Waals surface area contributed by atoms with E-state index in [0.717, 1.165) is 211 Å². The van der Waals surface area contributed by atoms with Gasteiger partial charge in [0, 0.05) is 68.5 Å². The zero-order valence-corrected chi connectivity index (χ0v) is 86.9. The Bertz CT molecular complexity index is 3970. The van der Waals surface area contributed by atoms with E-state index in [0.29, 0.717) is 141 Å². The van der Waals surface area contributed by atoms with Crippen molar-refractivity contribution >= 4 is 33.3 Å². The number of nitrogens with zero attached hydrogens (tertiary/aromatic N) is 2.